The fourth-order valence-electron chi connectivity index (χ4n) is 1.83. The molecule has 0 radical (unpaired) electrons. The number of hydrogen-bond donors (Lipinski definition) is 0. The first-order chi connectivity index (χ1) is 11.9. The first kappa shape index (κ1) is 19.1. The van der Waals surface area contributed by atoms with Crippen LogP contribution in [-0.4, -0.2) is 23.8 Å². The van der Waals surface area contributed by atoms with Gasteiger partial charge in [0.2, 0.25) is 0 Å². The van der Waals surface area contributed by atoms with Crippen molar-refractivity contribution in [2.75, 3.05) is 6.61 Å². The summed E-state index contributed by atoms with van der Waals surface area (Å²) in [6, 6.07) is 12.9. The third kappa shape index (κ3) is 5.64. The molecule has 7 nitrogen and oxygen atoms in total. The average Bonchev–Trinajstić information content (AvgIpc) is 2.62. The molecule has 0 saturated heterocycles. The largest absolute Gasteiger partial charge is 0.691 e. The molecule has 2 aromatic carbocycles. The van der Waals surface area contributed by atoms with E-state index in [-0.39, 0.29) is 6.61 Å². The third-order valence-electron chi connectivity index (χ3n) is 2.94. The van der Waals surface area contributed by atoms with Crippen molar-refractivity contribution in [2.45, 2.75) is 11.9 Å². The van der Waals surface area contributed by atoms with E-state index in [9.17, 15) is 23.6 Å². The number of carbonyl (C=O) groups excluding carboxylic acids is 2. The Bertz CT molecular complexity index is 753. The van der Waals surface area contributed by atoms with Gasteiger partial charge in [0.15, 0.2) is 6.61 Å². The Labute approximate surface area is 144 Å². The van der Waals surface area contributed by atoms with Crippen molar-refractivity contribution >= 4 is 34.8 Å². The first-order valence-electron chi connectivity index (χ1n) is 6.75. The van der Waals surface area contributed by atoms with E-state index >= 15 is 0 Å². The summed E-state index contributed by atoms with van der Waals surface area (Å²) in [5.74, 6) is -3.08. The van der Waals surface area contributed by atoms with Crippen LogP contribution in [0.25, 0.3) is 10.8 Å². The highest BCUT2D eigenvalue weighted by Crippen LogP contribution is 2.30. The van der Waals surface area contributed by atoms with Crippen molar-refractivity contribution in [3.63, 3.8) is 0 Å². The fraction of sp³-hybridized carbons (Fsp3) is 0.200. The molecule has 10 heteroatoms. The van der Waals surface area contributed by atoms with Gasteiger partial charge in [-0.15, -0.1) is 0 Å². The topological polar surface area (TPSA) is 94.1 Å². The van der Waals surface area contributed by atoms with E-state index < -0.39 is 35.8 Å². The number of alkyl halides is 2. The van der Waals surface area contributed by atoms with Crippen LogP contribution in [0.4, 0.5) is 8.78 Å². The molecule has 0 amide bonds. The molecule has 2 aromatic rings. The lowest BCUT2D eigenvalue weighted by Crippen LogP contribution is -2.30. The average molecular weight is 373 g/mol. The van der Waals surface area contributed by atoms with Gasteiger partial charge < -0.3 is 14.7 Å². The Hall–Kier alpha value is -2.27. The molecule has 0 aliphatic rings. The number of hydrogen-bond acceptors (Lipinski definition) is 8. The van der Waals surface area contributed by atoms with Crippen LogP contribution < -0.4 is 5.26 Å². The van der Waals surface area contributed by atoms with E-state index in [1.807, 2.05) is 30.3 Å². The predicted octanol–water partition coefficient (Wildman–Crippen LogP) is 1.89. The molecule has 0 bridgehead atoms. The van der Waals surface area contributed by atoms with Gasteiger partial charge in [-0.25, -0.2) is 9.59 Å². The second-order valence-electron chi connectivity index (χ2n) is 4.65. The van der Waals surface area contributed by atoms with Gasteiger partial charge in [0.05, 0.1) is 0 Å². The highest BCUT2D eigenvalue weighted by atomic mass is 32.2. The van der Waals surface area contributed by atoms with Crippen LogP contribution in [0.2, 0.25) is 0 Å². The zero-order valence-corrected chi connectivity index (χ0v) is 13.3. The second-order valence-corrected chi connectivity index (χ2v) is 5.47. The molecule has 0 aromatic heterocycles. The second kappa shape index (κ2) is 8.72. The van der Waals surface area contributed by atoms with Crippen molar-refractivity contribution in [1.82, 2.24) is 0 Å². The maximum absolute atomic E-state index is 13.0. The van der Waals surface area contributed by atoms with Crippen LogP contribution >= 0.6 is 12.0 Å². The molecule has 0 spiro atoms. The van der Waals surface area contributed by atoms with Gasteiger partial charge in [0, 0.05) is 0 Å². The number of carbonyl (C=O) groups is 2. The van der Waals surface area contributed by atoms with E-state index in [1.54, 1.807) is 12.1 Å². The minimum Gasteiger partial charge on any atom is -0.691 e. The molecular formula is C15H11F2O7S-. The summed E-state index contributed by atoms with van der Waals surface area (Å²) in [4.78, 5) is 22.5. The molecular weight excluding hydrogens is 362 g/mol. The van der Waals surface area contributed by atoms with Gasteiger partial charge >= 0.3 is 17.2 Å². The van der Waals surface area contributed by atoms with E-state index in [2.05, 4.69) is 14.1 Å². The van der Waals surface area contributed by atoms with Crippen LogP contribution in [0.3, 0.4) is 0 Å². The summed E-state index contributed by atoms with van der Waals surface area (Å²) in [5, 5.41) is 9.92. The summed E-state index contributed by atoms with van der Waals surface area (Å²) in [7, 11) is 0. The molecule has 134 valence electrons. The summed E-state index contributed by atoms with van der Waals surface area (Å²) in [5.41, 5.74) is 0.681. The van der Waals surface area contributed by atoms with Crippen molar-refractivity contribution in [1.29, 1.82) is 0 Å². The Morgan fingerprint density at radius 3 is 2.52 bits per heavy atom. The van der Waals surface area contributed by atoms with Gasteiger partial charge in [-0.2, -0.15) is 13.1 Å². The van der Waals surface area contributed by atoms with Crippen LogP contribution in [0.1, 0.15) is 5.56 Å². The molecule has 25 heavy (non-hydrogen) atoms. The molecule has 2 rings (SSSR count). The third-order valence-corrected chi connectivity index (χ3v) is 3.44. The Kier molecular flexibility index (Phi) is 6.65. The summed E-state index contributed by atoms with van der Waals surface area (Å²) in [6.45, 7) is -1.12. The molecule has 0 saturated carbocycles. The molecule has 0 N–H and O–H groups in total. The maximum atomic E-state index is 13.0. The molecule has 0 unspecified atom stereocenters. The minimum absolute atomic E-state index is 0.112. The predicted molar refractivity (Wildman–Crippen MR) is 79.4 cm³/mol. The number of benzene rings is 2. The van der Waals surface area contributed by atoms with Crippen LogP contribution in [0, 0.1) is 0 Å². The van der Waals surface area contributed by atoms with Crippen LogP contribution in [0.15, 0.2) is 42.5 Å². The molecule has 0 aliphatic carbocycles. The summed E-state index contributed by atoms with van der Waals surface area (Å²) >= 11 is -0.845. The number of rotatable bonds is 8. The van der Waals surface area contributed by atoms with E-state index in [0.717, 1.165) is 10.8 Å². The lowest BCUT2D eigenvalue weighted by molar-refractivity contribution is -0.777. The van der Waals surface area contributed by atoms with Gasteiger partial charge in [0.1, 0.15) is 18.6 Å². The molecule has 0 aliphatic heterocycles. The van der Waals surface area contributed by atoms with Crippen LogP contribution in [0.5, 0.6) is 0 Å². The smallest absolute Gasteiger partial charge is 0.415 e. The number of esters is 2. The van der Waals surface area contributed by atoms with E-state index in [0.29, 0.717) is 5.56 Å². The normalized spacial score (nSPS) is 11.3. The lowest BCUT2D eigenvalue weighted by Gasteiger charge is -2.13. The number of halogens is 2. The zero-order chi connectivity index (χ0) is 18.3. The first-order valence-corrected chi connectivity index (χ1v) is 7.49. The van der Waals surface area contributed by atoms with Gasteiger partial charge in [0.25, 0.3) is 0 Å². The Balaban J connectivity index is 1.80. The summed E-state index contributed by atoms with van der Waals surface area (Å²) < 4.78 is 38.4. The SMILES string of the molecule is O=C(COC(=O)C(F)(F)SOO[O-])OCc1ccc2ccccc2c1. The van der Waals surface area contributed by atoms with E-state index in [1.165, 1.54) is 0 Å². The molecule has 0 atom stereocenters. The maximum Gasteiger partial charge on any atom is 0.415 e. The molecule has 0 heterocycles. The quantitative estimate of drug-likeness (QED) is 0.300. The minimum atomic E-state index is -4.21. The highest BCUT2D eigenvalue weighted by Gasteiger charge is 2.44. The standard InChI is InChI=1S/C15H12F2O7S/c16-15(17,25-24-23-20)14(19)22-9-13(18)21-8-10-5-6-11-3-1-2-4-12(11)7-10/h1-7,20H,8-9H2/p-1. The van der Waals surface area contributed by atoms with Gasteiger partial charge in [-0.05, 0) is 22.4 Å². The monoisotopic (exact) mass is 373 g/mol. The van der Waals surface area contributed by atoms with Crippen molar-refractivity contribution in [3.05, 3.63) is 48.0 Å². The zero-order valence-electron chi connectivity index (χ0n) is 12.5. The highest BCUT2D eigenvalue weighted by molar-refractivity contribution is 7.96. The summed E-state index contributed by atoms with van der Waals surface area (Å²) in [6.07, 6.45) is 0. The molecule has 0 fully saturated rings. The Morgan fingerprint density at radius 2 is 1.80 bits per heavy atom. The van der Waals surface area contributed by atoms with Crippen molar-refractivity contribution in [3.8, 4) is 0 Å². The number of fused-ring (bicyclic) bond motifs is 1. The van der Waals surface area contributed by atoms with Gasteiger partial charge in [-0.1, -0.05) is 36.4 Å². The van der Waals surface area contributed by atoms with Gasteiger partial charge in [-0.3, -0.25) is 5.04 Å². The lowest BCUT2D eigenvalue weighted by atomic mass is 10.1. The van der Waals surface area contributed by atoms with Crippen molar-refractivity contribution in [2.24, 2.45) is 0 Å². The Morgan fingerprint density at radius 1 is 1.08 bits per heavy atom. The van der Waals surface area contributed by atoms with E-state index in [4.69, 9.17) is 4.74 Å². The van der Waals surface area contributed by atoms with Crippen LogP contribution in [-0.2, 0) is 35.0 Å². The fourth-order valence-corrected chi connectivity index (χ4v) is 2.07. The number of ether oxygens (including phenoxy) is 2. The van der Waals surface area contributed by atoms with Crippen molar-refractivity contribution < 1.29 is 42.5 Å².